The molecule has 3 aromatic rings. The maximum absolute atomic E-state index is 12.9. The Morgan fingerprint density at radius 2 is 1.86 bits per heavy atom. The Hall–Kier alpha value is -2.35. The minimum absolute atomic E-state index is 0.323. The quantitative estimate of drug-likeness (QED) is 0.710. The van der Waals surface area contributed by atoms with E-state index in [2.05, 4.69) is 16.0 Å². The number of H-pyrrole nitrogens is 1. The van der Waals surface area contributed by atoms with Gasteiger partial charge in [0.15, 0.2) is 0 Å². The number of rotatable bonds is 4. The van der Waals surface area contributed by atoms with E-state index in [-0.39, 0.29) is 6.10 Å². The van der Waals surface area contributed by atoms with Crippen molar-refractivity contribution >= 4 is 26.6 Å². The molecule has 7 heteroatoms. The Morgan fingerprint density at radius 1 is 1.04 bits per heavy atom. The summed E-state index contributed by atoms with van der Waals surface area (Å²) in [5, 5.41) is 11.1. The number of nitrogens with zero attached hydrogens (tertiary/aromatic N) is 2. The van der Waals surface area contributed by atoms with Crippen LogP contribution in [0.1, 0.15) is 12.8 Å². The molecule has 1 aromatic heterocycles. The van der Waals surface area contributed by atoms with Gasteiger partial charge in [0.05, 0.1) is 11.0 Å². The van der Waals surface area contributed by atoms with Crippen LogP contribution in [0.25, 0.3) is 22.2 Å². The third-order valence-corrected chi connectivity index (χ3v) is 7.64. The second-order valence-electron chi connectivity index (χ2n) is 7.60. The normalized spacial score (nSPS) is 20.6. The summed E-state index contributed by atoms with van der Waals surface area (Å²) < 4.78 is 27.4. The number of hydrogen-bond donors (Lipinski definition) is 2. The number of fused-ring (bicyclic) bond motifs is 1. The van der Waals surface area contributed by atoms with Crippen molar-refractivity contribution < 1.29 is 13.5 Å². The van der Waals surface area contributed by atoms with E-state index in [0.29, 0.717) is 24.5 Å². The number of sulfonamides is 1. The summed E-state index contributed by atoms with van der Waals surface area (Å²) in [6.07, 6.45) is 1.29. The molecule has 0 spiro atoms. The molecule has 0 aliphatic carbocycles. The molecule has 2 N–H and O–H groups in total. The first kappa shape index (κ1) is 17.7. The van der Waals surface area contributed by atoms with Crippen LogP contribution in [-0.2, 0) is 10.0 Å². The molecule has 2 saturated heterocycles. The lowest BCUT2D eigenvalue weighted by Crippen LogP contribution is -2.41. The zero-order valence-electron chi connectivity index (χ0n) is 15.5. The number of aliphatic hydroxyl groups excluding tert-OH is 1. The minimum atomic E-state index is -3.46. The molecule has 0 bridgehead atoms. The Morgan fingerprint density at radius 3 is 2.54 bits per heavy atom. The summed E-state index contributed by atoms with van der Waals surface area (Å²) in [4.78, 5) is 5.88. The number of aromatic amines is 1. The fourth-order valence-corrected chi connectivity index (χ4v) is 5.57. The van der Waals surface area contributed by atoms with Gasteiger partial charge in [-0.25, -0.2) is 8.42 Å². The van der Waals surface area contributed by atoms with E-state index in [1.165, 1.54) is 4.31 Å². The lowest BCUT2D eigenvalue weighted by atomic mass is 10.1. The van der Waals surface area contributed by atoms with Gasteiger partial charge in [-0.15, -0.1) is 0 Å². The van der Waals surface area contributed by atoms with Gasteiger partial charge in [0.1, 0.15) is 0 Å². The monoisotopic (exact) mass is 397 g/mol. The van der Waals surface area contributed by atoms with Gasteiger partial charge in [-0.3, -0.25) is 0 Å². The van der Waals surface area contributed by atoms with Crippen molar-refractivity contribution in [3.8, 4) is 11.3 Å². The predicted molar refractivity (Wildman–Crippen MR) is 110 cm³/mol. The topological polar surface area (TPSA) is 76.6 Å². The molecule has 3 heterocycles. The van der Waals surface area contributed by atoms with Gasteiger partial charge in [0.25, 0.3) is 0 Å². The molecule has 5 rings (SSSR count). The third-order valence-electron chi connectivity index (χ3n) is 5.75. The van der Waals surface area contributed by atoms with Crippen molar-refractivity contribution in [2.45, 2.75) is 23.8 Å². The summed E-state index contributed by atoms with van der Waals surface area (Å²) in [7, 11) is -3.46. The van der Waals surface area contributed by atoms with Gasteiger partial charge >= 0.3 is 0 Å². The number of hydrogen-bond acceptors (Lipinski definition) is 4. The average molecular weight is 398 g/mol. The number of aliphatic hydroxyl groups is 1. The van der Waals surface area contributed by atoms with Gasteiger partial charge in [0, 0.05) is 54.0 Å². The zero-order chi connectivity index (χ0) is 19.3. The highest BCUT2D eigenvalue weighted by Gasteiger charge is 2.31. The highest BCUT2D eigenvalue weighted by atomic mass is 32.2. The molecular weight excluding hydrogens is 374 g/mol. The van der Waals surface area contributed by atoms with Crippen molar-refractivity contribution in [2.75, 3.05) is 31.1 Å². The number of benzene rings is 2. The van der Waals surface area contributed by atoms with Gasteiger partial charge in [-0.05, 0) is 43.2 Å². The van der Waals surface area contributed by atoms with Gasteiger partial charge in [0.2, 0.25) is 10.0 Å². The Kier molecular flexibility index (Phi) is 4.19. The Bertz CT molecular complexity index is 1100. The lowest BCUT2D eigenvalue weighted by molar-refractivity contribution is 0.198. The van der Waals surface area contributed by atoms with Crippen molar-refractivity contribution in [3.05, 3.63) is 48.5 Å². The zero-order valence-corrected chi connectivity index (χ0v) is 16.3. The van der Waals surface area contributed by atoms with E-state index < -0.39 is 10.0 Å². The standard InChI is InChI=1S/C21H23N3O3S/c25-16-8-11-23(14-16)21-7-6-17(28(26,27)24-9-3-10-24)13-18(21)20-12-15-4-1-2-5-19(15)22-20/h1-2,4-7,12-13,16,22,25H,3,8-11,14H2. The van der Waals surface area contributed by atoms with E-state index >= 15 is 0 Å². The number of anilines is 1. The van der Waals surface area contributed by atoms with E-state index in [4.69, 9.17) is 0 Å². The molecule has 6 nitrogen and oxygen atoms in total. The summed E-state index contributed by atoms with van der Waals surface area (Å²) >= 11 is 0. The molecule has 0 amide bonds. The van der Waals surface area contributed by atoms with Crippen LogP contribution in [0.5, 0.6) is 0 Å². The maximum Gasteiger partial charge on any atom is 0.243 e. The van der Waals surface area contributed by atoms with Crippen molar-refractivity contribution in [1.29, 1.82) is 0 Å². The van der Waals surface area contributed by atoms with E-state index in [1.807, 2.05) is 30.3 Å². The highest BCUT2D eigenvalue weighted by Crippen LogP contribution is 2.37. The van der Waals surface area contributed by atoms with Gasteiger partial charge in [-0.2, -0.15) is 4.31 Å². The molecule has 28 heavy (non-hydrogen) atoms. The lowest BCUT2D eigenvalue weighted by Gasteiger charge is -2.30. The van der Waals surface area contributed by atoms with Crippen LogP contribution in [0.15, 0.2) is 53.4 Å². The van der Waals surface area contributed by atoms with Crippen LogP contribution in [0, 0.1) is 0 Å². The minimum Gasteiger partial charge on any atom is -0.391 e. The summed E-state index contributed by atoms with van der Waals surface area (Å²) in [5.41, 5.74) is 3.71. The molecule has 146 valence electrons. The predicted octanol–water partition coefficient (Wildman–Crippen LogP) is 2.80. The summed E-state index contributed by atoms with van der Waals surface area (Å²) in [6.45, 7) is 2.49. The molecule has 2 aliphatic rings. The molecule has 1 atom stereocenters. The van der Waals surface area contributed by atoms with Crippen LogP contribution < -0.4 is 4.90 Å². The van der Waals surface area contributed by atoms with E-state index in [0.717, 1.165) is 47.2 Å². The van der Waals surface area contributed by atoms with Gasteiger partial charge < -0.3 is 15.0 Å². The molecule has 2 fully saturated rings. The van der Waals surface area contributed by atoms with E-state index in [9.17, 15) is 13.5 Å². The Labute approximate surface area is 164 Å². The molecule has 2 aliphatic heterocycles. The second-order valence-corrected chi connectivity index (χ2v) is 9.53. The van der Waals surface area contributed by atoms with Crippen LogP contribution in [-0.4, -0.2) is 55.1 Å². The van der Waals surface area contributed by atoms with Crippen molar-refractivity contribution in [2.24, 2.45) is 0 Å². The van der Waals surface area contributed by atoms with Gasteiger partial charge in [-0.1, -0.05) is 18.2 Å². The Balaban J connectivity index is 1.65. The van der Waals surface area contributed by atoms with Crippen LogP contribution >= 0.6 is 0 Å². The molecule has 2 aromatic carbocycles. The van der Waals surface area contributed by atoms with Crippen molar-refractivity contribution in [3.63, 3.8) is 0 Å². The van der Waals surface area contributed by atoms with Crippen LogP contribution in [0.4, 0.5) is 5.69 Å². The number of para-hydroxylation sites is 1. The molecular formula is C21H23N3O3S. The third kappa shape index (κ3) is 2.90. The molecule has 0 saturated carbocycles. The second kappa shape index (κ2) is 6.62. The summed E-state index contributed by atoms with van der Waals surface area (Å²) in [6, 6.07) is 15.4. The largest absolute Gasteiger partial charge is 0.391 e. The fraction of sp³-hybridized carbons (Fsp3) is 0.333. The number of aromatic nitrogens is 1. The fourth-order valence-electron chi connectivity index (χ4n) is 4.02. The van der Waals surface area contributed by atoms with Crippen molar-refractivity contribution in [1.82, 2.24) is 9.29 Å². The van der Waals surface area contributed by atoms with Crippen LogP contribution in [0.3, 0.4) is 0 Å². The average Bonchev–Trinajstić information content (AvgIpc) is 3.25. The molecule has 0 radical (unpaired) electrons. The highest BCUT2D eigenvalue weighted by molar-refractivity contribution is 7.89. The molecule has 1 unspecified atom stereocenters. The first-order valence-electron chi connectivity index (χ1n) is 9.68. The summed E-state index contributed by atoms with van der Waals surface area (Å²) in [5.74, 6) is 0. The van der Waals surface area contributed by atoms with Crippen LogP contribution in [0.2, 0.25) is 0 Å². The maximum atomic E-state index is 12.9. The van der Waals surface area contributed by atoms with E-state index in [1.54, 1.807) is 12.1 Å². The first-order chi connectivity index (χ1) is 13.5. The SMILES string of the molecule is O=S(=O)(c1ccc(N2CCC(O)C2)c(-c2cc3ccccc3[nH]2)c1)N1CCC1. The number of β-amino-alcohol motifs (C(OH)–C–C–N with tert-alkyl or cyclic N) is 1. The first-order valence-corrected chi connectivity index (χ1v) is 11.1. The smallest absolute Gasteiger partial charge is 0.243 e. The number of nitrogens with one attached hydrogen (secondary N) is 1.